The molecule has 7 nitrogen and oxygen atoms in total. The summed E-state index contributed by atoms with van der Waals surface area (Å²) in [5, 5.41) is -4.14. The Morgan fingerprint density at radius 3 is 1.08 bits per heavy atom. The molecule has 567 valence electrons. The van der Waals surface area contributed by atoms with Gasteiger partial charge in [0.25, 0.3) is 17.8 Å². The van der Waals surface area contributed by atoms with E-state index < -0.39 is 122 Å². The number of ether oxygens (including phenoxy) is 1. The molecule has 43 heteroatoms. The number of carbonyl (C=O) groups excluding carboxylic acids is 1. The molecule has 101 heavy (non-hydrogen) atoms. The number of pyridine rings is 5. The predicted octanol–water partition coefficient (Wildman–Crippen LogP) is 18.0. The van der Waals surface area contributed by atoms with E-state index in [0.29, 0.717) is 35.8 Å². The number of aryl methyl sites for hydroxylation is 2. The summed E-state index contributed by atoms with van der Waals surface area (Å²) in [6.07, 6.45) is 8.92. The number of hydrogen-bond donors (Lipinski definition) is 0. The topological polar surface area (TPSA) is 90.8 Å². The molecule has 0 aromatic carbocycles. The average Bonchev–Trinajstić information content (AvgIpc) is 1.15. The summed E-state index contributed by atoms with van der Waals surface area (Å²) in [6.45, 7) is 3.91. The molecule has 1 fully saturated rings. The molecule has 1 saturated carbocycles. The maximum Gasteiger partial charge on any atom is 0.384 e. The zero-order chi connectivity index (χ0) is 72.5. The Kier molecular flexibility index (Phi) is 28.8. The first-order valence-electron chi connectivity index (χ1n) is 26.0. The molecule has 0 unspecified atom stereocenters. The Labute approximate surface area is 620 Å². The van der Waals surface area contributed by atoms with Gasteiger partial charge in [0.15, 0.2) is 0 Å². The van der Waals surface area contributed by atoms with Crippen molar-refractivity contribution in [3.63, 3.8) is 0 Å². The second kappa shape index (κ2) is 31.5. The third kappa shape index (κ3) is 17.0. The van der Waals surface area contributed by atoms with Crippen LogP contribution in [0.2, 0.25) is 0 Å². The Hall–Kier alpha value is -4.58. The van der Waals surface area contributed by atoms with Crippen molar-refractivity contribution in [3.8, 4) is 0 Å². The van der Waals surface area contributed by atoms with Crippen molar-refractivity contribution in [1.29, 1.82) is 0 Å². The Morgan fingerprint density at radius 2 is 0.743 bits per heavy atom. The van der Waals surface area contributed by atoms with Gasteiger partial charge < -0.3 is 34.5 Å². The summed E-state index contributed by atoms with van der Waals surface area (Å²) in [6, 6.07) is 15.4. The van der Waals surface area contributed by atoms with Crippen molar-refractivity contribution in [2.75, 3.05) is 0 Å². The van der Waals surface area contributed by atoms with Gasteiger partial charge in [-0.25, -0.2) is 36.8 Å². The molecule has 0 saturated heterocycles. The largest absolute Gasteiger partial charge is 0.468 e. The number of thioether (sulfide) groups is 1. The third-order valence-electron chi connectivity index (χ3n) is 14.2. The van der Waals surface area contributed by atoms with Crippen LogP contribution in [0.25, 0.3) is 27.2 Å². The smallest absolute Gasteiger partial charge is 0.384 e. The summed E-state index contributed by atoms with van der Waals surface area (Å²) < 4.78 is 404. The van der Waals surface area contributed by atoms with Crippen LogP contribution in [-0.4, -0.2) is 125 Å². The number of halogens is 30. The first kappa shape index (κ1) is 92.5. The van der Waals surface area contributed by atoms with Crippen LogP contribution < -0.4 is 0 Å². The Balaban J connectivity index is 0.000000431. The fraction of sp³-hybridized carbons (Fsp3) is 0.379. The molecule has 7 heterocycles. The van der Waals surface area contributed by atoms with Crippen LogP contribution in [0, 0.1) is 44.2 Å². The van der Waals surface area contributed by atoms with Crippen molar-refractivity contribution in [1.82, 2.24) is 24.9 Å². The summed E-state index contributed by atoms with van der Waals surface area (Å²) in [5.74, 6) is -80.5. The van der Waals surface area contributed by atoms with E-state index in [1.54, 1.807) is 30.5 Å². The molecule has 0 amide bonds. The van der Waals surface area contributed by atoms with E-state index in [1.165, 1.54) is 36.7 Å². The van der Waals surface area contributed by atoms with Crippen LogP contribution in [0.1, 0.15) is 65.3 Å². The molecule has 5 aromatic heterocycles. The van der Waals surface area contributed by atoms with Crippen LogP contribution in [0.15, 0.2) is 110 Å². The monoisotopic (exact) mass is 2400 g/mol. The van der Waals surface area contributed by atoms with E-state index in [1.807, 2.05) is 19.9 Å². The van der Waals surface area contributed by atoms with Gasteiger partial charge in [0, 0.05) is 132 Å². The SMILES string of the molecule is Cc1cnc(C2=[C-]C3(F)CCC2(F)CC3)cc1C.FC1(F)[C-]=C(c2ccccn2)C(F)(F)C(F)(F)C(F)(F)C(F)(F)C1(F)F.FC1(F)[C-]=C(c2ccccn2)C(F)(F)C(F)(F)C(F)(F)C1(F)F.FC1(F)[C-]=C(c2ccccn2)SC1(F)F.O=C1OC(F)(F)[C-]=C1c1ccccn1.[Ir].[Ir].[Ir].[Ir].[Ir]. The Morgan fingerprint density at radius 1 is 0.376 bits per heavy atom. The molecule has 7 aliphatic rings. The van der Waals surface area contributed by atoms with Gasteiger partial charge >= 0.3 is 64.7 Å². The first-order valence-corrected chi connectivity index (χ1v) is 26.9. The standard InChI is InChI=1S/C15H16F2N.C13H4F12N.C12H4F10N.C9H4F4NS.C9H4F2NO2.5Ir/c1-10-7-13(18-9-11(10)2)12-8-14(16)3-5-15(12,17)6-4-14;14-8(15)5-6(7-3-1-2-4-26-7)9(16,17)11(20,21)13(24,25)12(22,23)10(8,18)19;13-8(14)5-6(7-3-1-2-4-23-7)9(15,16)11(19,20)12(21,22)10(8,17)18;10-8(11)5-7(15-9(8,12)13)6-3-1-2-4-14-6;10-9(11)5-6(8(13)14-9)7-3-1-2-4-12-7;;;;;/h7,9H,3-6H2,1-2H3;1-4H;1-4H;1-4H;1-4H;;;;;/q5*-1;;;;;. The normalized spacial score (nSPS) is 25.4. The second-order valence-electron chi connectivity index (χ2n) is 20.8. The van der Waals surface area contributed by atoms with E-state index in [0.717, 1.165) is 35.4 Å². The van der Waals surface area contributed by atoms with Crippen LogP contribution in [0.4, 0.5) is 132 Å². The zero-order valence-corrected chi connectivity index (χ0v) is 61.5. The van der Waals surface area contributed by atoms with E-state index in [2.05, 4.69) is 35.7 Å². The number of hydrogen-bond acceptors (Lipinski definition) is 8. The molecule has 5 aromatic rings. The van der Waals surface area contributed by atoms with Crippen LogP contribution in [-0.2, 0) is 110 Å². The van der Waals surface area contributed by atoms with Crippen molar-refractivity contribution >= 4 is 44.9 Å². The van der Waals surface area contributed by atoms with Gasteiger partial charge in [0.2, 0.25) is 5.97 Å². The number of nitrogens with zero attached hydrogens (tertiary/aromatic N) is 5. The fourth-order valence-corrected chi connectivity index (χ4v) is 9.56. The molecular formula is C58H32F30Ir5N5O2S-5. The molecule has 5 aliphatic carbocycles. The van der Waals surface area contributed by atoms with Crippen LogP contribution in [0.3, 0.4) is 0 Å². The molecule has 0 N–H and O–H groups in total. The minimum Gasteiger partial charge on any atom is -0.468 e. The van der Waals surface area contributed by atoms with Crippen molar-refractivity contribution < 1.29 is 242 Å². The van der Waals surface area contributed by atoms with E-state index in [4.69, 9.17) is 0 Å². The number of esters is 1. The molecule has 2 bridgehead atoms. The van der Waals surface area contributed by atoms with Gasteiger partial charge in [-0.1, -0.05) is 82.1 Å². The molecular weight excluding hydrogens is 2360 g/mol. The molecule has 5 radical (unpaired) electrons. The minimum absolute atomic E-state index is 0. The van der Waals surface area contributed by atoms with Gasteiger partial charge in [-0.15, -0.1) is 40.3 Å². The van der Waals surface area contributed by atoms with Gasteiger partial charge in [-0.05, 0) is 75.1 Å². The van der Waals surface area contributed by atoms with Gasteiger partial charge in [0.1, 0.15) is 5.67 Å². The van der Waals surface area contributed by atoms with Gasteiger partial charge in [-0.2, -0.15) is 120 Å². The van der Waals surface area contributed by atoms with Crippen molar-refractivity contribution in [2.45, 2.75) is 133 Å². The van der Waals surface area contributed by atoms with Crippen LogP contribution >= 0.6 is 11.8 Å². The molecule has 2 aliphatic heterocycles. The number of aromatic nitrogens is 5. The number of carbonyl (C=O) groups is 1. The maximum absolute atomic E-state index is 14.8. The summed E-state index contributed by atoms with van der Waals surface area (Å²) in [5.41, 5.74) is -8.27. The second-order valence-corrected chi connectivity index (χ2v) is 21.9. The first-order chi connectivity index (χ1) is 43.6. The summed E-state index contributed by atoms with van der Waals surface area (Å²) in [4.78, 5) is 28.3. The third-order valence-corrected chi connectivity index (χ3v) is 15.3. The maximum atomic E-state index is 14.8. The van der Waals surface area contributed by atoms with E-state index >= 15 is 0 Å². The molecule has 0 atom stereocenters. The van der Waals surface area contributed by atoms with Crippen molar-refractivity contribution in [2.24, 2.45) is 0 Å². The predicted molar refractivity (Wildman–Crippen MR) is 273 cm³/mol. The number of fused-ring (bicyclic) bond motifs is 2. The number of alkyl halides is 30. The Bertz CT molecular complexity index is 3870. The summed E-state index contributed by atoms with van der Waals surface area (Å²) in [7, 11) is 0. The summed E-state index contributed by atoms with van der Waals surface area (Å²) >= 11 is -0.212. The number of rotatable bonds is 5. The van der Waals surface area contributed by atoms with E-state index in [-0.39, 0.29) is 172 Å². The fourth-order valence-electron chi connectivity index (χ4n) is 8.72. The molecule has 12 rings (SSSR count). The quantitative estimate of drug-likeness (QED) is 0.0977. The average molecular weight is 2390 g/mol. The van der Waals surface area contributed by atoms with E-state index in [9.17, 15) is 137 Å². The number of allylic oxidation sites excluding steroid dienone is 7. The van der Waals surface area contributed by atoms with Gasteiger partial charge in [0.05, 0.1) is 5.67 Å². The zero-order valence-electron chi connectivity index (χ0n) is 48.7. The van der Waals surface area contributed by atoms with Gasteiger partial charge in [-0.3, -0.25) is 4.39 Å². The molecule has 0 spiro atoms. The number of cyclic esters (lactones) is 1. The minimum atomic E-state index is -7.56. The van der Waals surface area contributed by atoms with Crippen LogP contribution in [0.5, 0.6) is 0 Å². The van der Waals surface area contributed by atoms with Crippen molar-refractivity contribution in [3.05, 3.63) is 180 Å².